The maximum Gasteiger partial charge on any atom is 0.0778 e. The molecule has 5 aliphatic heterocycles. The van der Waals surface area contributed by atoms with Crippen molar-refractivity contribution in [3.05, 3.63) is 68.1 Å². The fraction of sp³-hybridized carbons (Fsp3) is 0.543. The van der Waals surface area contributed by atoms with Gasteiger partial charge in [-0.1, -0.05) is 48.5 Å². The number of hydrogen-bond acceptors (Lipinski definition) is 4. The molecule has 0 amide bonds. The minimum atomic E-state index is 0.146. The Morgan fingerprint density at radius 2 is 0.974 bits per heavy atom. The van der Waals surface area contributed by atoms with Gasteiger partial charge in [-0.05, 0) is 109 Å². The molecule has 39 heavy (non-hydrogen) atoms. The Morgan fingerprint density at radius 3 is 1.44 bits per heavy atom. The topological polar surface area (TPSA) is 49.4 Å². The van der Waals surface area contributed by atoms with Gasteiger partial charge in [-0.25, -0.2) is 0 Å². The van der Waals surface area contributed by atoms with Gasteiger partial charge < -0.3 is 0 Å². The molecule has 0 saturated heterocycles. The second kappa shape index (κ2) is 11.3. The lowest BCUT2D eigenvalue weighted by molar-refractivity contribution is 0.780. The second-order valence-corrected chi connectivity index (χ2v) is 11.2. The fourth-order valence-corrected chi connectivity index (χ4v) is 7.41. The van der Waals surface area contributed by atoms with Crippen molar-refractivity contribution in [2.45, 2.75) is 125 Å². The van der Waals surface area contributed by atoms with Crippen LogP contribution in [0.2, 0.25) is 0 Å². The molecule has 0 saturated carbocycles. The molecule has 0 fully saturated rings. The van der Waals surface area contributed by atoms with E-state index in [0.29, 0.717) is 0 Å². The average Bonchev–Trinajstić information content (AvgIpc) is 3.64. The Hall–Kier alpha value is -2.88. The van der Waals surface area contributed by atoms with E-state index in [1.165, 1.54) is 56.0 Å². The lowest BCUT2D eigenvalue weighted by Gasteiger charge is -2.14. The third-order valence-electron chi connectivity index (χ3n) is 9.35. The van der Waals surface area contributed by atoms with Crippen molar-refractivity contribution >= 4 is 22.8 Å². The molecule has 5 rings (SSSR count). The second-order valence-electron chi connectivity index (χ2n) is 11.2. The van der Waals surface area contributed by atoms with Gasteiger partial charge in [0.25, 0.3) is 0 Å². The van der Waals surface area contributed by atoms with E-state index >= 15 is 0 Å². The summed E-state index contributed by atoms with van der Waals surface area (Å²) in [7, 11) is 0. The molecule has 0 aromatic heterocycles. The average molecular weight is 523 g/mol. The van der Waals surface area contributed by atoms with E-state index in [2.05, 4.69) is 67.5 Å². The van der Waals surface area contributed by atoms with E-state index in [1.807, 2.05) is 0 Å². The first kappa shape index (κ1) is 27.7. The highest BCUT2D eigenvalue weighted by Gasteiger charge is 2.33. The lowest BCUT2D eigenvalue weighted by Crippen LogP contribution is -2.13. The first-order valence-corrected chi connectivity index (χ1v) is 15.5. The molecule has 0 aliphatic carbocycles. The van der Waals surface area contributed by atoms with Gasteiger partial charge >= 0.3 is 0 Å². The summed E-state index contributed by atoms with van der Waals surface area (Å²) in [6, 6.07) is 0.307. The van der Waals surface area contributed by atoms with Gasteiger partial charge in [0.15, 0.2) is 0 Å². The molecule has 0 N–H and O–H groups in total. The SMILES string of the molecule is CCC1=C(CC)C2=NC1=CC1=NC(CC3=NC(=CC4=NC(C2)C(C)=C4CC)C(CC)=C3CC)C(CC)=C1CC. The molecule has 8 bridgehead atoms. The van der Waals surface area contributed by atoms with E-state index in [0.717, 1.165) is 80.6 Å². The fourth-order valence-electron chi connectivity index (χ4n) is 7.41. The van der Waals surface area contributed by atoms with Gasteiger partial charge in [0.2, 0.25) is 0 Å². The highest BCUT2D eigenvalue weighted by Crippen LogP contribution is 2.40. The Balaban J connectivity index is 1.74. The molecule has 0 radical (unpaired) electrons. The first-order valence-electron chi connectivity index (χ1n) is 15.5. The van der Waals surface area contributed by atoms with Crippen LogP contribution in [0.3, 0.4) is 0 Å². The quantitative estimate of drug-likeness (QED) is 0.320. The van der Waals surface area contributed by atoms with E-state index in [9.17, 15) is 0 Å². The molecule has 5 aliphatic rings. The molecule has 0 spiro atoms. The van der Waals surface area contributed by atoms with Crippen molar-refractivity contribution in [1.29, 1.82) is 0 Å². The van der Waals surface area contributed by atoms with Gasteiger partial charge in [0.05, 0.1) is 34.9 Å². The van der Waals surface area contributed by atoms with Crippen molar-refractivity contribution in [1.82, 2.24) is 0 Å². The van der Waals surface area contributed by atoms with Gasteiger partial charge in [0.1, 0.15) is 0 Å². The summed E-state index contributed by atoms with van der Waals surface area (Å²) in [5, 5.41) is 0. The number of fused-ring (bicyclic) bond motifs is 4. The number of aliphatic imine (C=N–C) groups is 4. The van der Waals surface area contributed by atoms with Crippen LogP contribution in [0.1, 0.15) is 113 Å². The third kappa shape index (κ3) is 4.64. The molecular weight excluding hydrogens is 476 g/mol. The Kier molecular flexibility index (Phi) is 8.03. The van der Waals surface area contributed by atoms with Gasteiger partial charge in [-0.15, -0.1) is 0 Å². The van der Waals surface area contributed by atoms with Crippen molar-refractivity contribution < 1.29 is 0 Å². The molecule has 5 heterocycles. The molecule has 0 aromatic rings. The summed E-state index contributed by atoms with van der Waals surface area (Å²) >= 11 is 0. The van der Waals surface area contributed by atoms with Crippen LogP contribution in [0.5, 0.6) is 0 Å². The van der Waals surface area contributed by atoms with Crippen LogP contribution in [0, 0.1) is 0 Å². The normalized spacial score (nSPS) is 24.9. The molecule has 2 unspecified atom stereocenters. The zero-order chi connectivity index (χ0) is 27.8. The van der Waals surface area contributed by atoms with Crippen molar-refractivity contribution in [3.8, 4) is 0 Å². The van der Waals surface area contributed by atoms with Gasteiger partial charge in [0, 0.05) is 24.3 Å². The number of nitrogens with zero attached hydrogens (tertiary/aromatic N) is 4. The lowest BCUT2D eigenvalue weighted by atomic mass is 9.90. The van der Waals surface area contributed by atoms with E-state index in [1.54, 1.807) is 0 Å². The van der Waals surface area contributed by atoms with E-state index in [4.69, 9.17) is 20.0 Å². The number of rotatable bonds is 7. The van der Waals surface area contributed by atoms with Crippen LogP contribution in [-0.4, -0.2) is 34.9 Å². The zero-order valence-corrected chi connectivity index (χ0v) is 25.5. The predicted octanol–water partition coefficient (Wildman–Crippen LogP) is 9.18. The maximum absolute atomic E-state index is 5.39. The monoisotopic (exact) mass is 522 g/mol. The molecule has 0 aromatic carbocycles. The minimum Gasteiger partial charge on any atom is -0.277 e. The predicted molar refractivity (Wildman–Crippen MR) is 169 cm³/mol. The molecule has 4 nitrogen and oxygen atoms in total. The molecule has 4 heteroatoms. The number of hydrogen-bond donors (Lipinski definition) is 0. The smallest absolute Gasteiger partial charge is 0.0778 e. The minimum absolute atomic E-state index is 0.146. The summed E-state index contributed by atoms with van der Waals surface area (Å²) in [6.45, 7) is 18.2. The molecule has 206 valence electrons. The summed E-state index contributed by atoms with van der Waals surface area (Å²) < 4.78 is 0. The highest BCUT2D eigenvalue weighted by molar-refractivity contribution is 6.16. The summed E-state index contributed by atoms with van der Waals surface area (Å²) in [5.74, 6) is 0. The van der Waals surface area contributed by atoms with Crippen LogP contribution in [-0.2, 0) is 0 Å². The van der Waals surface area contributed by atoms with Crippen LogP contribution >= 0.6 is 0 Å². The van der Waals surface area contributed by atoms with Crippen LogP contribution in [0.15, 0.2) is 88.1 Å². The summed E-state index contributed by atoms with van der Waals surface area (Å²) in [5.41, 5.74) is 18.3. The maximum atomic E-state index is 5.39. The molecule has 2 atom stereocenters. The standard InChI is InChI=1S/C35H46N4/c1-9-21-20(8)28-16-30-22(10-2)23(11-3)32(37-30)18-34-26(14-6)27(15-7)35(39-34)19-33-25(13-5)24(12-4)31(38-33)17-29(21)36-28/h17-18,28,35H,9-16,19H2,1-8H3. The molecular formula is C35H46N4. The largest absolute Gasteiger partial charge is 0.277 e. The Labute approximate surface area is 236 Å². The third-order valence-corrected chi connectivity index (χ3v) is 9.35. The van der Waals surface area contributed by atoms with Crippen molar-refractivity contribution in [3.63, 3.8) is 0 Å². The Morgan fingerprint density at radius 1 is 0.538 bits per heavy atom. The van der Waals surface area contributed by atoms with Crippen LogP contribution in [0.4, 0.5) is 0 Å². The Bertz CT molecular complexity index is 1390. The van der Waals surface area contributed by atoms with Crippen LogP contribution < -0.4 is 0 Å². The van der Waals surface area contributed by atoms with E-state index < -0.39 is 0 Å². The summed E-state index contributed by atoms with van der Waals surface area (Å²) in [4.78, 5) is 21.4. The van der Waals surface area contributed by atoms with E-state index in [-0.39, 0.29) is 12.1 Å². The summed E-state index contributed by atoms with van der Waals surface area (Å²) in [6.07, 6.45) is 13.4. The van der Waals surface area contributed by atoms with Crippen LogP contribution in [0.25, 0.3) is 0 Å². The van der Waals surface area contributed by atoms with Gasteiger partial charge in [-0.2, -0.15) is 0 Å². The van der Waals surface area contributed by atoms with Gasteiger partial charge in [-0.3, -0.25) is 20.0 Å². The van der Waals surface area contributed by atoms with Crippen molar-refractivity contribution in [2.24, 2.45) is 20.0 Å². The zero-order valence-electron chi connectivity index (χ0n) is 25.5. The number of allylic oxidation sites excluding steroid dienone is 8. The highest BCUT2D eigenvalue weighted by atomic mass is 14.9. The first-order chi connectivity index (χ1) is 18.9. The van der Waals surface area contributed by atoms with Crippen molar-refractivity contribution in [2.75, 3.05) is 0 Å².